The van der Waals surface area contributed by atoms with Gasteiger partial charge in [0.25, 0.3) is 11.1 Å². The number of para-hydroxylation sites is 1. The number of benzene rings is 3. The van der Waals surface area contributed by atoms with Crippen molar-refractivity contribution in [3.05, 3.63) is 92.3 Å². The van der Waals surface area contributed by atoms with Crippen LogP contribution in [0.1, 0.15) is 22.3 Å². The van der Waals surface area contributed by atoms with Crippen LogP contribution < -0.4 is 14.2 Å². The minimum Gasteiger partial charge on any atom is -0.493 e. The lowest BCUT2D eigenvalue weighted by molar-refractivity contribution is -0.123. The van der Waals surface area contributed by atoms with E-state index >= 15 is 0 Å². The molecular formula is C28H26BrNO5S. The Balaban J connectivity index is 1.48. The van der Waals surface area contributed by atoms with Gasteiger partial charge in [0.1, 0.15) is 19.0 Å². The molecule has 6 nitrogen and oxygen atoms in total. The molecule has 1 aliphatic rings. The molecule has 0 unspecified atom stereocenters. The fourth-order valence-corrected chi connectivity index (χ4v) is 4.76. The molecule has 0 bridgehead atoms. The number of ether oxygens (including phenoxy) is 3. The van der Waals surface area contributed by atoms with E-state index in [1.54, 1.807) is 19.3 Å². The number of carbonyl (C=O) groups is 2. The Labute approximate surface area is 223 Å². The van der Waals surface area contributed by atoms with Crippen LogP contribution in [0.3, 0.4) is 0 Å². The zero-order chi connectivity index (χ0) is 25.7. The van der Waals surface area contributed by atoms with Crippen molar-refractivity contribution in [2.24, 2.45) is 0 Å². The van der Waals surface area contributed by atoms with Gasteiger partial charge >= 0.3 is 0 Å². The molecule has 3 aromatic rings. The van der Waals surface area contributed by atoms with E-state index in [4.69, 9.17) is 14.2 Å². The lowest BCUT2D eigenvalue weighted by Crippen LogP contribution is -2.32. The molecule has 36 heavy (non-hydrogen) atoms. The predicted octanol–water partition coefficient (Wildman–Crippen LogP) is 6.77. The highest BCUT2D eigenvalue weighted by molar-refractivity contribution is 9.10. The van der Waals surface area contributed by atoms with Gasteiger partial charge in [-0.3, -0.25) is 14.5 Å². The molecule has 0 aliphatic carbocycles. The fourth-order valence-electron chi connectivity index (χ4n) is 3.64. The SMILES string of the molecule is COc1cccc(/C=C2\SC(=O)N(CCOc3cc(C)ccc3C)C2=O)c1OCc1ccc(Br)cc1. The van der Waals surface area contributed by atoms with Crippen LogP contribution in [0, 0.1) is 13.8 Å². The fraction of sp³-hybridized carbons (Fsp3) is 0.214. The molecule has 3 aromatic carbocycles. The van der Waals surface area contributed by atoms with Crippen LogP contribution in [0.25, 0.3) is 6.08 Å². The van der Waals surface area contributed by atoms with Crippen molar-refractivity contribution < 1.29 is 23.8 Å². The van der Waals surface area contributed by atoms with Crippen molar-refractivity contribution in [3.8, 4) is 17.2 Å². The van der Waals surface area contributed by atoms with Gasteiger partial charge in [-0.05, 0) is 72.6 Å². The van der Waals surface area contributed by atoms with Gasteiger partial charge in [0, 0.05) is 10.0 Å². The van der Waals surface area contributed by atoms with Gasteiger partial charge in [0.15, 0.2) is 11.5 Å². The van der Waals surface area contributed by atoms with Gasteiger partial charge in [-0.2, -0.15) is 0 Å². The maximum absolute atomic E-state index is 13.0. The maximum Gasteiger partial charge on any atom is 0.293 e. The Kier molecular flexibility index (Phi) is 8.38. The number of nitrogens with zero attached hydrogens (tertiary/aromatic N) is 1. The molecule has 4 rings (SSSR count). The summed E-state index contributed by atoms with van der Waals surface area (Å²) in [5, 5.41) is -0.323. The molecule has 0 N–H and O–H groups in total. The largest absolute Gasteiger partial charge is 0.493 e. The average Bonchev–Trinajstić information content (AvgIpc) is 3.13. The molecule has 0 aromatic heterocycles. The van der Waals surface area contributed by atoms with E-state index in [0.29, 0.717) is 28.6 Å². The average molecular weight is 568 g/mol. The number of halogens is 1. The number of hydrogen-bond donors (Lipinski definition) is 0. The number of rotatable bonds is 9. The molecular weight excluding hydrogens is 542 g/mol. The highest BCUT2D eigenvalue weighted by Gasteiger charge is 2.35. The molecule has 1 aliphatic heterocycles. The van der Waals surface area contributed by atoms with E-state index in [1.165, 1.54) is 4.90 Å². The second kappa shape index (κ2) is 11.7. The monoisotopic (exact) mass is 567 g/mol. The van der Waals surface area contributed by atoms with E-state index in [0.717, 1.165) is 38.7 Å². The third-order valence-electron chi connectivity index (χ3n) is 5.60. The zero-order valence-electron chi connectivity index (χ0n) is 20.2. The molecule has 0 radical (unpaired) electrons. The summed E-state index contributed by atoms with van der Waals surface area (Å²) in [6, 6.07) is 19.2. The highest BCUT2D eigenvalue weighted by Crippen LogP contribution is 2.37. The normalized spacial score (nSPS) is 14.4. The summed E-state index contributed by atoms with van der Waals surface area (Å²) in [6.07, 6.45) is 1.68. The second-order valence-corrected chi connectivity index (χ2v) is 10.2. The standard InChI is InChI=1S/C28H26BrNO5S/c1-18-7-8-19(2)24(15-18)34-14-13-30-27(31)25(36-28(30)32)16-21-5-4-6-23(33-3)26(21)35-17-20-9-11-22(29)12-10-20/h4-12,15-16H,13-14,17H2,1-3H3/b25-16-. The summed E-state index contributed by atoms with van der Waals surface area (Å²) in [6.45, 7) is 4.66. The van der Waals surface area contributed by atoms with Crippen LogP contribution >= 0.6 is 27.7 Å². The summed E-state index contributed by atoms with van der Waals surface area (Å²) >= 11 is 4.34. The first-order valence-corrected chi connectivity index (χ1v) is 13.0. The van der Waals surface area contributed by atoms with Crippen LogP contribution in [-0.4, -0.2) is 36.3 Å². The van der Waals surface area contributed by atoms with Crippen molar-refractivity contribution in [2.45, 2.75) is 20.5 Å². The summed E-state index contributed by atoms with van der Waals surface area (Å²) in [4.78, 5) is 27.2. The lowest BCUT2D eigenvalue weighted by Gasteiger charge is -2.15. The number of amides is 2. The number of carbonyl (C=O) groups excluding carboxylic acids is 2. The summed E-state index contributed by atoms with van der Waals surface area (Å²) in [5.74, 6) is 1.45. The van der Waals surface area contributed by atoms with E-state index in [2.05, 4.69) is 15.9 Å². The van der Waals surface area contributed by atoms with Crippen LogP contribution in [0.4, 0.5) is 4.79 Å². The van der Waals surface area contributed by atoms with Crippen LogP contribution in [-0.2, 0) is 11.4 Å². The summed E-state index contributed by atoms with van der Waals surface area (Å²) in [7, 11) is 1.56. The number of hydrogen-bond acceptors (Lipinski definition) is 6. The molecule has 8 heteroatoms. The maximum atomic E-state index is 13.0. The summed E-state index contributed by atoms with van der Waals surface area (Å²) in [5.41, 5.74) is 3.73. The Morgan fingerprint density at radius 2 is 1.75 bits per heavy atom. The van der Waals surface area contributed by atoms with Gasteiger partial charge in [0.05, 0.1) is 18.6 Å². The van der Waals surface area contributed by atoms with Crippen molar-refractivity contribution in [1.29, 1.82) is 0 Å². The van der Waals surface area contributed by atoms with E-state index in [-0.39, 0.29) is 24.3 Å². The topological polar surface area (TPSA) is 65.1 Å². The Bertz CT molecular complexity index is 1310. The van der Waals surface area contributed by atoms with Crippen molar-refractivity contribution in [2.75, 3.05) is 20.3 Å². The molecule has 0 spiro atoms. The number of methoxy groups -OCH3 is 1. The number of thioether (sulfide) groups is 1. The van der Waals surface area contributed by atoms with Crippen molar-refractivity contribution >= 4 is 44.9 Å². The number of aryl methyl sites for hydroxylation is 2. The highest BCUT2D eigenvalue weighted by atomic mass is 79.9. The van der Waals surface area contributed by atoms with Crippen molar-refractivity contribution in [3.63, 3.8) is 0 Å². The predicted molar refractivity (Wildman–Crippen MR) is 146 cm³/mol. The third-order valence-corrected chi connectivity index (χ3v) is 7.04. The lowest BCUT2D eigenvalue weighted by atomic mass is 10.1. The van der Waals surface area contributed by atoms with E-state index in [9.17, 15) is 9.59 Å². The molecule has 1 fully saturated rings. The van der Waals surface area contributed by atoms with Crippen LogP contribution in [0.15, 0.2) is 70.0 Å². The first-order valence-electron chi connectivity index (χ1n) is 11.4. The smallest absolute Gasteiger partial charge is 0.293 e. The Morgan fingerprint density at radius 1 is 0.972 bits per heavy atom. The third kappa shape index (κ3) is 6.12. The Morgan fingerprint density at radius 3 is 2.50 bits per heavy atom. The summed E-state index contributed by atoms with van der Waals surface area (Å²) < 4.78 is 18.4. The molecule has 186 valence electrons. The molecule has 0 atom stereocenters. The molecule has 2 amide bonds. The molecule has 1 heterocycles. The first kappa shape index (κ1) is 25.9. The van der Waals surface area contributed by atoms with Crippen molar-refractivity contribution in [1.82, 2.24) is 4.90 Å². The number of imide groups is 1. The van der Waals surface area contributed by atoms with Gasteiger partial charge in [-0.1, -0.05) is 52.3 Å². The molecule has 0 saturated carbocycles. The van der Waals surface area contributed by atoms with Gasteiger partial charge in [-0.25, -0.2) is 0 Å². The quantitative estimate of drug-likeness (QED) is 0.266. The minimum atomic E-state index is -0.351. The van der Waals surface area contributed by atoms with E-state index < -0.39 is 0 Å². The first-order chi connectivity index (χ1) is 17.4. The van der Waals surface area contributed by atoms with Gasteiger partial charge in [-0.15, -0.1) is 0 Å². The molecule has 1 saturated heterocycles. The minimum absolute atomic E-state index is 0.167. The van der Waals surface area contributed by atoms with Crippen LogP contribution in [0.5, 0.6) is 17.2 Å². The second-order valence-electron chi connectivity index (χ2n) is 8.24. The van der Waals surface area contributed by atoms with E-state index in [1.807, 2.05) is 68.4 Å². The zero-order valence-corrected chi connectivity index (χ0v) is 22.6. The Hall–Kier alpha value is -3.23. The van der Waals surface area contributed by atoms with Gasteiger partial charge in [0.2, 0.25) is 0 Å². The van der Waals surface area contributed by atoms with Gasteiger partial charge < -0.3 is 14.2 Å². The van der Waals surface area contributed by atoms with Crippen LogP contribution in [0.2, 0.25) is 0 Å².